The van der Waals surface area contributed by atoms with Crippen molar-refractivity contribution in [3.05, 3.63) is 38.8 Å². The number of aliphatic imine (C=N–C) groups is 1. The van der Waals surface area contributed by atoms with Crippen LogP contribution in [0.5, 0.6) is 0 Å². The molecule has 9 heteroatoms. The number of allylic oxidation sites excluding steroid dienone is 1. The normalized spacial score (nSPS) is 15.7. The number of carbonyl (C=O) groups is 2. The molecule has 1 aromatic carbocycles. The van der Waals surface area contributed by atoms with E-state index in [-0.39, 0.29) is 24.8 Å². The summed E-state index contributed by atoms with van der Waals surface area (Å²) in [6, 6.07) is 4.98. The molecule has 0 bridgehead atoms. The number of hydrogen-bond acceptors (Lipinski definition) is 6. The number of thioether (sulfide) groups is 1. The fourth-order valence-corrected chi connectivity index (χ4v) is 5.14. The van der Waals surface area contributed by atoms with Gasteiger partial charge in [0.2, 0.25) is 0 Å². The highest BCUT2D eigenvalue weighted by Gasteiger charge is 2.36. The topological polar surface area (TPSA) is 62.2 Å². The number of amides is 1. The van der Waals surface area contributed by atoms with Crippen LogP contribution in [-0.2, 0) is 14.3 Å². The van der Waals surface area contributed by atoms with E-state index in [1.54, 1.807) is 30.0 Å². The number of anilines is 1. The maximum atomic E-state index is 13.7. The van der Waals surface area contributed by atoms with Crippen molar-refractivity contribution in [2.45, 2.75) is 39.5 Å². The third-order valence-electron chi connectivity index (χ3n) is 4.73. The van der Waals surface area contributed by atoms with Crippen molar-refractivity contribution in [2.24, 2.45) is 4.99 Å². The van der Waals surface area contributed by atoms with Crippen LogP contribution in [0.15, 0.2) is 33.8 Å². The number of halogens is 2. The fraction of sp³-hybridized carbons (Fsp3) is 0.476. The number of fused-ring (bicyclic) bond motifs is 1. The van der Waals surface area contributed by atoms with Gasteiger partial charge in [-0.3, -0.25) is 14.6 Å². The van der Waals surface area contributed by atoms with Crippen molar-refractivity contribution in [3.8, 4) is 0 Å². The molecule has 3 rings (SSSR count). The molecular formula is C21H25Cl2N3O3S. The van der Waals surface area contributed by atoms with E-state index in [2.05, 4.69) is 16.8 Å². The Morgan fingerprint density at radius 3 is 2.63 bits per heavy atom. The molecule has 2 aliphatic heterocycles. The summed E-state index contributed by atoms with van der Waals surface area (Å²) in [5.41, 5.74) is 1.55. The predicted molar refractivity (Wildman–Crippen MR) is 123 cm³/mol. The van der Waals surface area contributed by atoms with Gasteiger partial charge in [-0.2, -0.15) is 0 Å². The van der Waals surface area contributed by atoms with Crippen LogP contribution in [0.2, 0.25) is 10.0 Å². The first-order valence-corrected chi connectivity index (χ1v) is 11.7. The average Bonchev–Trinajstić information content (AvgIpc) is 3.06. The van der Waals surface area contributed by atoms with E-state index in [1.807, 2.05) is 0 Å². The minimum atomic E-state index is -0.355. The van der Waals surface area contributed by atoms with E-state index in [4.69, 9.17) is 27.9 Å². The molecule has 0 aromatic heterocycles. The van der Waals surface area contributed by atoms with Crippen LogP contribution in [0, 0.1) is 0 Å². The van der Waals surface area contributed by atoms with Crippen molar-refractivity contribution < 1.29 is 14.3 Å². The summed E-state index contributed by atoms with van der Waals surface area (Å²) < 4.78 is 5.04. The SMILES string of the molecule is CCCC1=C(C(=O)N(CCC(=O)OCC)c2cc(Cl)cc(Cl)c2)SC2=NCCCN21. The zero-order chi connectivity index (χ0) is 21.7. The minimum Gasteiger partial charge on any atom is -0.466 e. The van der Waals surface area contributed by atoms with E-state index < -0.39 is 0 Å². The number of benzene rings is 1. The van der Waals surface area contributed by atoms with Gasteiger partial charge in [0, 0.05) is 41.1 Å². The fourth-order valence-electron chi connectivity index (χ4n) is 3.45. The zero-order valence-corrected chi connectivity index (χ0v) is 19.4. The highest BCUT2D eigenvalue weighted by atomic mass is 35.5. The van der Waals surface area contributed by atoms with Crippen LogP contribution >= 0.6 is 35.0 Å². The van der Waals surface area contributed by atoms with E-state index in [1.165, 1.54) is 11.8 Å². The molecule has 0 radical (unpaired) electrons. The molecule has 2 heterocycles. The molecule has 0 N–H and O–H groups in total. The van der Waals surface area contributed by atoms with Crippen LogP contribution in [0.3, 0.4) is 0 Å². The molecule has 0 fully saturated rings. The summed E-state index contributed by atoms with van der Waals surface area (Å²) >= 11 is 13.8. The Labute approximate surface area is 191 Å². The smallest absolute Gasteiger partial charge is 0.307 e. The summed E-state index contributed by atoms with van der Waals surface area (Å²) in [4.78, 5) is 34.6. The van der Waals surface area contributed by atoms with Gasteiger partial charge < -0.3 is 14.5 Å². The zero-order valence-electron chi connectivity index (χ0n) is 17.1. The quantitative estimate of drug-likeness (QED) is 0.495. The first kappa shape index (κ1) is 23.0. The summed E-state index contributed by atoms with van der Waals surface area (Å²) in [5, 5.41) is 1.73. The molecule has 1 aromatic rings. The third-order valence-corrected chi connectivity index (χ3v) is 6.31. The standard InChI is InChI=1S/C21H25Cl2N3O3S/c1-3-6-17-19(30-21-24-8-5-9-26(17)21)20(28)25(10-7-18(27)29-4-2)16-12-14(22)11-15(23)13-16/h11-13H,3-10H2,1-2H3. The Hall–Kier alpha value is -1.70. The Balaban J connectivity index is 1.95. The van der Waals surface area contributed by atoms with Gasteiger partial charge in [0.05, 0.1) is 13.0 Å². The van der Waals surface area contributed by atoms with Crippen LogP contribution in [0.25, 0.3) is 0 Å². The van der Waals surface area contributed by atoms with Crippen molar-refractivity contribution in [1.82, 2.24) is 4.90 Å². The summed E-state index contributed by atoms with van der Waals surface area (Å²) in [6.07, 6.45) is 2.75. The Bertz CT molecular complexity index is 868. The monoisotopic (exact) mass is 469 g/mol. The van der Waals surface area contributed by atoms with Crippen molar-refractivity contribution in [2.75, 3.05) is 31.1 Å². The van der Waals surface area contributed by atoms with Gasteiger partial charge in [-0.25, -0.2) is 0 Å². The molecule has 1 amide bonds. The maximum Gasteiger partial charge on any atom is 0.307 e. The number of ether oxygens (including phenoxy) is 1. The second kappa shape index (κ2) is 10.6. The van der Waals surface area contributed by atoms with E-state index >= 15 is 0 Å². The summed E-state index contributed by atoms with van der Waals surface area (Å²) in [6.45, 7) is 5.95. The minimum absolute atomic E-state index is 0.0788. The first-order valence-electron chi connectivity index (χ1n) is 10.1. The highest BCUT2D eigenvalue weighted by molar-refractivity contribution is 8.18. The largest absolute Gasteiger partial charge is 0.466 e. The molecule has 30 heavy (non-hydrogen) atoms. The van der Waals surface area contributed by atoms with Crippen LogP contribution in [0.4, 0.5) is 5.69 Å². The lowest BCUT2D eigenvalue weighted by atomic mass is 10.2. The predicted octanol–water partition coefficient (Wildman–Crippen LogP) is 5.10. The van der Waals surface area contributed by atoms with Crippen LogP contribution in [0.1, 0.15) is 39.5 Å². The molecule has 0 saturated heterocycles. The number of hydrogen-bond donors (Lipinski definition) is 0. The number of amidine groups is 1. The number of nitrogens with zero attached hydrogens (tertiary/aromatic N) is 3. The van der Waals surface area contributed by atoms with Crippen LogP contribution in [-0.4, -0.2) is 48.2 Å². The van der Waals surface area contributed by atoms with Crippen molar-refractivity contribution >= 4 is 57.7 Å². The van der Waals surface area contributed by atoms with Crippen LogP contribution < -0.4 is 4.90 Å². The summed E-state index contributed by atoms with van der Waals surface area (Å²) in [5.74, 6) is -0.532. The third kappa shape index (κ3) is 5.31. The molecular weight excluding hydrogens is 445 g/mol. The molecule has 0 saturated carbocycles. The van der Waals surface area contributed by atoms with Gasteiger partial charge in [0.15, 0.2) is 5.17 Å². The second-order valence-corrected chi connectivity index (χ2v) is 8.79. The second-order valence-electron chi connectivity index (χ2n) is 6.94. The van der Waals surface area contributed by atoms with Gasteiger partial charge in [-0.05, 0) is 49.7 Å². The van der Waals surface area contributed by atoms with E-state index in [0.717, 1.165) is 43.2 Å². The molecule has 0 atom stereocenters. The highest BCUT2D eigenvalue weighted by Crippen LogP contribution is 2.40. The Morgan fingerprint density at radius 1 is 1.23 bits per heavy atom. The van der Waals surface area contributed by atoms with E-state index in [0.29, 0.717) is 27.2 Å². The van der Waals surface area contributed by atoms with Gasteiger partial charge in [-0.1, -0.05) is 36.5 Å². The molecule has 0 unspecified atom stereocenters. The molecule has 2 aliphatic rings. The Kier molecular flexibility index (Phi) is 8.08. The lowest BCUT2D eigenvalue weighted by molar-refractivity contribution is -0.142. The first-order chi connectivity index (χ1) is 14.4. The van der Waals surface area contributed by atoms with Gasteiger partial charge in [-0.15, -0.1) is 0 Å². The van der Waals surface area contributed by atoms with Crippen molar-refractivity contribution in [3.63, 3.8) is 0 Å². The van der Waals surface area contributed by atoms with E-state index in [9.17, 15) is 9.59 Å². The van der Waals surface area contributed by atoms with Gasteiger partial charge in [0.1, 0.15) is 4.91 Å². The number of esters is 1. The van der Waals surface area contributed by atoms with Crippen molar-refractivity contribution in [1.29, 1.82) is 0 Å². The molecule has 0 spiro atoms. The lowest BCUT2D eigenvalue weighted by Crippen LogP contribution is -2.34. The number of rotatable bonds is 8. The maximum absolute atomic E-state index is 13.7. The summed E-state index contributed by atoms with van der Waals surface area (Å²) in [7, 11) is 0. The Morgan fingerprint density at radius 2 is 1.97 bits per heavy atom. The molecule has 0 aliphatic carbocycles. The average molecular weight is 470 g/mol. The van der Waals surface area contributed by atoms with Gasteiger partial charge >= 0.3 is 5.97 Å². The van der Waals surface area contributed by atoms with Gasteiger partial charge in [0.25, 0.3) is 5.91 Å². The lowest BCUT2D eigenvalue weighted by Gasteiger charge is -2.26. The molecule has 162 valence electrons. The molecule has 6 nitrogen and oxygen atoms in total. The number of carbonyl (C=O) groups excluding carboxylic acids is 2.